The summed E-state index contributed by atoms with van der Waals surface area (Å²) in [6, 6.07) is 0. The molecule has 4 aliphatic rings. The van der Waals surface area contributed by atoms with Crippen LogP contribution in [-0.4, -0.2) is 97.7 Å². The molecule has 0 spiro atoms. The maximum atomic E-state index is 13.1. The van der Waals surface area contributed by atoms with E-state index in [1.54, 1.807) is 0 Å². The minimum absolute atomic E-state index is 0.276. The van der Waals surface area contributed by atoms with E-state index in [0.29, 0.717) is 25.7 Å². The number of ether oxygens (including phenoxy) is 4. The first-order valence-corrected chi connectivity index (χ1v) is 14.2. The van der Waals surface area contributed by atoms with E-state index in [-0.39, 0.29) is 26.2 Å². The van der Waals surface area contributed by atoms with E-state index in [0.717, 1.165) is 0 Å². The average molecular weight is 499 g/mol. The van der Waals surface area contributed by atoms with Crippen LogP contribution in [-0.2, 0) is 39.4 Å². The average Bonchev–Trinajstić information content (AvgIpc) is 3.06. The van der Waals surface area contributed by atoms with Crippen LogP contribution in [0.2, 0.25) is 0 Å². The van der Waals surface area contributed by atoms with Crippen LogP contribution in [0.1, 0.15) is 53.4 Å². The van der Waals surface area contributed by atoms with Gasteiger partial charge in [-0.3, -0.25) is 0 Å². The molecule has 4 saturated heterocycles. The van der Waals surface area contributed by atoms with Crippen molar-refractivity contribution in [2.45, 2.75) is 90.9 Å². The van der Waals surface area contributed by atoms with Crippen molar-refractivity contribution in [1.29, 1.82) is 0 Å². The summed E-state index contributed by atoms with van der Waals surface area (Å²) in [7, 11) is -7.53. The van der Waals surface area contributed by atoms with Crippen molar-refractivity contribution >= 4 is 20.4 Å². The zero-order chi connectivity index (χ0) is 23.3. The Labute approximate surface area is 190 Å². The second-order valence-corrected chi connectivity index (χ2v) is 12.0. The van der Waals surface area contributed by atoms with E-state index >= 15 is 0 Å². The predicted octanol–water partition coefficient (Wildman–Crippen LogP) is 0.401. The van der Waals surface area contributed by atoms with Gasteiger partial charge >= 0.3 is 0 Å². The first kappa shape index (κ1) is 24.7. The molecular weight excluding hydrogens is 464 g/mol. The molecule has 0 radical (unpaired) electrons. The Hall–Kier alpha value is -0.420. The second kappa shape index (κ2) is 9.32. The predicted molar refractivity (Wildman–Crippen MR) is 113 cm³/mol. The molecule has 0 aromatic carbocycles. The van der Waals surface area contributed by atoms with Crippen LogP contribution in [0.5, 0.6) is 0 Å². The Morgan fingerprint density at radius 2 is 0.719 bits per heavy atom. The van der Waals surface area contributed by atoms with Crippen molar-refractivity contribution in [2.24, 2.45) is 0 Å². The lowest BCUT2D eigenvalue weighted by Crippen LogP contribution is -2.63. The first-order chi connectivity index (χ1) is 15.2. The summed E-state index contributed by atoms with van der Waals surface area (Å²) in [5, 5.41) is 0. The highest BCUT2D eigenvalue weighted by molar-refractivity contribution is 7.87. The standard InChI is InChI=1S/C18H34N4O8S2/c1-5-9-19-13-14(20(10-6-2)31(19,23)24)28-18-17(27-13)29-15-16(30-18)22(12-8-4)32(25,26)21(15)11-7-3/h13-18H,5-12H2,1-4H3/t13-,14-,15-,16+,17?,18?/m1/s1. The zero-order valence-electron chi connectivity index (χ0n) is 19.0. The lowest BCUT2D eigenvalue weighted by atomic mass is 10.3. The first-order valence-electron chi connectivity index (χ1n) is 11.4. The van der Waals surface area contributed by atoms with Crippen LogP contribution >= 0.6 is 0 Å². The maximum Gasteiger partial charge on any atom is 0.286 e. The van der Waals surface area contributed by atoms with Crippen molar-refractivity contribution in [1.82, 2.24) is 17.2 Å². The highest BCUT2D eigenvalue weighted by atomic mass is 32.2. The maximum absolute atomic E-state index is 13.1. The van der Waals surface area contributed by atoms with Gasteiger partial charge in [0.25, 0.3) is 20.4 Å². The Balaban J connectivity index is 1.63. The van der Waals surface area contributed by atoms with Crippen molar-refractivity contribution in [3.05, 3.63) is 0 Å². The highest BCUT2D eigenvalue weighted by Gasteiger charge is 2.63. The molecule has 12 nitrogen and oxygen atoms in total. The molecule has 0 bridgehead atoms. The van der Waals surface area contributed by atoms with Gasteiger partial charge in [-0.15, -0.1) is 0 Å². The number of nitrogens with zero attached hydrogens (tertiary/aromatic N) is 4. The fourth-order valence-corrected chi connectivity index (χ4v) is 8.48. The van der Waals surface area contributed by atoms with E-state index in [2.05, 4.69) is 0 Å². The fraction of sp³-hybridized carbons (Fsp3) is 1.00. The lowest BCUT2D eigenvalue weighted by Gasteiger charge is -2.46. The third kappa shape index (κ3) is 3.82. The summed E-state index contributed by atoms with van der Waals surface area (Å²) < 4.78 is 81.9. The Morgan fingerprint density at radius 1 is 0.500 bits per heavy atom. The van der Waals surface area contributed by atoms with Crippen molar-refractivity contribution in [3.63, 3.8) is 0 Å². The van der Waals surface area contributed by atoms with E-state index in [4.69, 9.17) is 18.9 Å². The molecule has 0 aromatic rings. The summed E-state index contributed by atoms with van der Waals surface area (Å²) in [5.74, 6) is 0. The molecule has 4 rings (SSSR count). The van der Waals surface area contributed by atoms with Crippen LogP contribution in [0.25, 0.3) is 0 Å². The van der Waals surface area contributed by atoms with Gasteiger partial charge in [-0.25, -0.2) is 0 Å². The summed E-state index contributed by atoms with van der Waals surface area (Å²) in [6.07, 6.45) is -3.24. The number of hydrogen-bond donors (Lipinski definition) is 0. The third-order valence-corrected chi connectivity index (χ3v) is 9.83. The molecule has 14 heteroatoms. The molecule has 0 aromatic heterocycles. The van der Waals surface area contributed by atoms with Crippen LogP contribution < -0.4 is 0 Å². The minimum Gasteiger partial charge on any atom is -0.324 e. The van der Waals surface area contributed by atoms with Gasteiger partial charge in [-0.05, 0) is 25.7 Å². The van der Waals surface area contributed by atoms with E-state index < -0.39 is 57.9 Å². The SMILES string of the molecule is CCCN1[C@@H]2OC3O[C@@H]4[C@H](OC3O[C@H]2N(CCC)S1(=O)=O)N(CCC)S(=O)(=O)N4CCC. The molecule has 0 aliphatic carbocycles. The molecule has 0 amide bonds. The highest BCUT2D eigenvalue weighted by Crippen LogP contribution is 2.42. The largest absolute Gasteiger partial charge is 0.324 e. The molecule has 4 fully saturated rings. The monoisotopic (exact) mass is 498 g/mol. The topological polar surface area (TPSA) is 118 Å². The van der Waals surface area contributed by atoms with E-state index in [1.807, 2.05) is 27.7 Å². The summed E-state index contributed by atoms with van der Waals surface area (Å²) in [6.45, 7) is 8.65. The molecule has 32 heavy (non-hydrogen) atoms. The fourth-order valence-electron chi connectivity index (χ4n) is 4.63. The molecule has 0 N–H and O–H groups in total. The van der Waals surface area contributed by atoms with E-state index in [9.17, 15) is 16.8 Å². The molecular formula is C18H34N4O8S2. The third-order valence-electron chi connectivity index (χ3n) is 5.90. The van der Waals surface area contributed by atoms with Crippen molar-refractivity contribution < 1.29 is 35.8 Å². The van der Waals surface area contributed by atoms with E-state index in [1.165, 1.54) is 17.2 Å². The lowest BCUT2D eigenvalue weighted by molar-refractivity contribution is -0.440. The Morgan fingerprint density at radius 3 is 0.906 bits per heavy atom. The van der Waals surface area contributed by atoms with Gasteiger partial charge < -0.3 is 18.9 Å². The molecule has 2 unspecified atom stereocenters. The number of fused-ring (bicyclic) bond motifs is 3. The second-order valence-electron chi connectivity index (χ2n) is 8.30. The van der Waals surface area contributed by atoms with Crippen molar-refractivity contribution in [3.8, 4) is 0 Å². The summed E-state index contributed by atoms with van der Waals surface area (Å²) >= 11 is 0. The van der Waals surface area contributed by atoms with Gasteiger partial charge in [0.1, 0.15) is 0 Å². The Bertz CT molecular complexity index is 759. The Kier molecular flexibility index (Phi) is 7.19. The number of rotatable bonds is 8. The van der Waals surface area contributed by atoms with Gasteiger partial charge in [0.05, 0.1) is 0 Å². The minimum atomic E-state index is -3.76. The molecule has 6 atom stereocenters. The van der Waals surface area contributed by atoms with Crippen LogP contribution in [0.15, 0.2) is 0 Å². The quantitative estimate of drug-likeness (QED) is 0.472. The van der Waals surface area contributed by atoms with Gasteiger partial charge in [-0.1, -0.05) is 27.7 Å². The van der Waals surface area contributed by atoms with Gasteiger partial charge in [0.2, 0.25) is 12.6 Å². The summed E-state index contributed by atoms with van der Waals surface area (Å²) in [5.41, 5.74) is 0. The summed E-state index contributed by atoms with van der Waals surface area (Å²) in [4.78, 5) is 0. The molecule has 4 heterocycles. The van der Waals surface area contributed by atoms with Crippen LogP contribution in [0.4, 0.5) is 0 Å². The van der Waals surface area contributed by atoms with Gasteiger partial charge in [-0.2, -0.15) is 34.1 Å². The van der Waals surface area contributed by atoms with Gasteiger partial charge in [0.15, 0.2) is 24.9 Å². The molecule has 0 saturated carbocycles. The number of hydrogen-bond acceptors (Lipinski definition) is 8. The van der Waals surface area contributed by atoms with Crippen LogP contribution in [0.3, 0.4) is 0 Å². The molecule has 4 aliphatic heterocycles. The van der Waals surface area contributed by atoms with Crippen LogP contribution in [0, 0.1) is 0 Å². The smallest absolute Gasteiger partial charge is 0.286 e. The normalized spacial score (nSPS) is 39.6. The zero-order valence-corrected chi connectivity index (χ0v) is 20.6. The van der Waals surface area contributed by atoms with Crippen molar-refractivity contribution in [2.75, 3.05) is 26.2 Å². The van der Waals surface area contributed by atoms with Gasteiger partial charge in [0, 0.05) is 26.2 Å². The molecule has 186 valence electrons.